The number of carbonyl (C=O) groups excluding carboxylic acids is 2. The van der Waals surface area contributed by atoms with E-state index >= 15 is 0 Å². The highest BCUT2D eigenvalue weighted by atomic mass is 16.5. The van der Waals surface area contributed by atoms with Crippen molar-refractivity contribution in [2.24, 2.45) is 0 Å². The number of anilines is 1. The van der Waals surface area contributed by atoms with Crippen LogP contribution in [0.25, 0.3) is 0 Å². The lowest BCUT2D eigenvalue weighted by atomic mass is 10.0. The third-order valence-corrected chi connectivity index (χ3v) is 3.54. The molecule has 5 heteroatoms. The van der Waals surface area contributed by atoms with Crippen molar-refractivity contribution in [3.05, 3.63) is 29.3 Å². The van der Waals surface area contributed by atoms with Crippen molar-refractivity contribution in [2.75, 3.05) is 19.0 Å². The summed E-state index contributed by atoms with van der Waals surface area (Å²) in [6, 6.07) is 5.10. The molecule has 1 fully saturated rings. The summed E-state index contributed by atoms with van der Waals surface area (Å²) >= 11 is 0. The van der Waals surface area contributed by atoms with Gasteiger partial charge in [0.05, 0.1) is 18.7 Å². The zero-order valence-corrected chi connectivity index (χ0v) is 11.9. The van der Waals surface area contributed by atoms with Crippen LogP contribution in [-0.4, -0.2) is 31.6 Å². The van der Waals surface area contributed by atoms with Gasteiger partial charge in [0.2, 0.25) is 5.91 Å². The molecule has 0 radical (unpaired) electrons. The first-order chi connectivity index (χ1) is 9.61. The Bertz CT molecular complexity index is 508. The van der Waals surface area contributed by atoms with Gasteiger partial charge in [0, 0.05) is 5.69 Å². The zero-order chi connectivity index (χ0) is 14.5. The number of hydrogen-bond donors (Lipinski definition) is 2. The maximum Gasteiger partial charge on any atom is 0.338 e. The lowest BCUT2D eigenvalue weighted by molar-refractivity contribution is -0.118. The first-order valence-electron chi connectivity index (χ1n) is 6.85. The van der Waals surface area contributed by atoms with Crippen LogP contribution in [0.15, 0.2) is 18.2 Å². The molecule has 2 N–H and O–H groups in total. The molecule has 0 saturated carbocycles. The summed E-state index contributed by atoms with van der Waals surface area (Å²) in [7, 11) is 1.35. The molecule has 1 aromatic rings. The van der Waals surface area contributed by atoms with E-state index in [1.54, 1.807) is 18.2 Å². The number of carbonyl (C=O) groups is 2. The first kappa shape index (κ1) is 14.5. The first-order valence-corrected chi connectivity index (χ1v) is 6.85. The smallest absolute Gasteiger partial charge is 0.338 e. The van der Waals surface area contributed by atoms with E-state index in [2.05, 4.69) is 10.6 Å². The molecule has 108 valence electrons. The Morgan fingerprint density at radius 1 is 1.35 bits per heavy atom. The van der Waals surface area contributed by atoms with E-state index < -0.39 is 5.97 Å². The summed E-state index contributed by atoms with van der Waals surface area (Å²) in [5.74, 6) is -0.446. The second-order valence-electron chi connectivity index (χ2n) is 5.01. The molecule has 2 rings (SSSR count). The number of esters is 1. The number of ether oxygens (including phenoxy) is 1. The van der Waals surface area contributed by atoms with Crippen LogP contribution >= 0.6 is 0 Å². The molecule has 1 amide bonds. The van der Waals surface area contributed by atoms with Gasteiger partial charge in [0.25, 0.3) is 0 Å². The van der Waals surface area contributed by atoms with Crippen molar-refractivity contribution in [3.63, 3.8) is 0 Å². The fourth-order valence-corrected chi connectivity index (χ4v) is 2.33. The summed E-state index contributed by atoms with van der Waals surface area (Å²) in [6.45, 7) is 2.71. The highest BCUT2D eigenvalue weighted by Gasteiger charge is 2.21. The molecule has 1 saturated heterocycles. The molecule has 0 unspecified atom stereocenters. The number of methoxy groups -OCH3 is 1. The van der Waals surface area contributed by atoms with Gasteiger partial charge >= 0.3 is 5.97 Å². The molecule has 20 heavy (non-hydrogen) atoms. The molecule has 1 aliphatic rings. The number of benzene rings is 1. The van der Waals surface area contributed by atoms with Gasteiger partial charge < -0.3 is 15.4 Å². The Hall–Kier alpha value is -1.88. The van der Waals surface area contributed by atoms with E-state index in [1.165, 1.54) is 7.11 Å². The van der Waals surface area contributed by atoms with Gasteiger partial charge in [0.15, 0.2) is 0 Å². The number of aryl methyl sites for hydroxylation is 1. The fourth-order valence-electron chi connectivity index (χ4n) is 2.33. The summed E-state index contributed by atoms with van der Waals surface area (Å²) < 4.78 is 4.73. The molecule has 1 atom stereocenters. The van der Waals surface area contributed by atoms with Crippen LogP contribution in [0.2, 0.25) is 0 Å². The second kappa shape index (κ2) is 6.52. The van der Waals surface area contributed by atoms with Gasteiger partial charge in [-0.05, 0) is 44.0 Å². The van der Waals surface area contributed by atoms with E-state index in [-0.39, 0.29) is 11.9 Å². The Morgan fingerprint density at radius 2 is 2.15 bits per heavy atom. The van der Waals surface area contributed by atoms with Crippen LogP contribution in [-0.2, 0) is 9.53 Å². The fraction of sp³-hybridized carbons (Fsp3) is 0.467. The number of nitrogens with one attached hydrogen (secondary N) is 2. The highest BCUT2D eigenvalue weighted by molar-refractivity contribution is 5.97. The van der Waals surface area contributed by atoms with Crippen molar-refractivity contribution in [1.82, 2.24) is 5.32 Å². The van der Waals surface area contributed by atoms with E-state index in [9.17, 15) is 9.59 Å². The molecular weight excluding hydrogens is 256 g/mol. The third kappa shape index (κ3) is 3.36. The Balaban J connectivity index is 2.09. The highest BCUT2D eigenvalue weighted by Crippen LogP contribution is 2.17. The minimum atomic E-state index is -0.394. The van der Waals surface area contributed by atoms with E-state index in [1.807, 2.05) is 6.92 Å². The minimum Gasteiger partial charge on any atom is -0.465 e. The summed E-state index contributed by atoms with van der Waals surface area (Å²) in [4.78, 5) is 23.7. The molecule has 1 aliphatic heterocycles. The summed E-state index contributed by atoms with van der Waals surface area (Å²) in [6.07, 6.45) is 3.02. The predicted molar refractivity (Wildman–Crippen MR) is 76.8 cm³/mol. The van der Waals surface area contributed by atoms with Gasteiger partial charge in [-0.15, -0.1) is 0 Å². The number of rotatable bonds is 3. The lowest BCUT2D eigenvalue weighted by Crippen LogP contribution is -2.43. The average Bonchev–Trinajstić information content (AvgIpc) is 2.49. The van der Waals surface area contributed by atoms with Crippen LogP contribution in [0.1, 0.15) is 35.2 Å². The monoisotopic (exact) mass is 276 g/mol. The van der Waals surface area contributed by atoms with Gasteiger partial charge in [0.1, 0.15) is 0 Å². The van der Waals surface area contributed by atoms with Crippen LogP contribution in [0, 0.1) is 6.92 Å². The van der Waals surface area contributed by atoms with Crippen LogP contribution < -0.4 is 10.6 Å². The lowest BCUT2D eigenvalue weighted by Gasteiger charge is -2.22. The molecular formula is C15H20N2O3. The minimum absolute atomic E-state index is 0.0515. The standard InChI is InChI=1S/C15H20N2O3/c1-10-6-7-11(9-12(10)15(19)20-2)17-14(18)13-5-3-4-8-16-13/h6-7,9,13,16H,3-5,8H2,1-2H3,(H,17,18)/t13-/m1/s1. The number of amides is 1. The van der Waals surface area contributed by atoms with Gasteiger partial charge in [-0.3, -0.25) is 4.79 Å². The van der Waals surface area contributed by atoms with Crippen LogP contribution in [0.4, 0.5) is 5.69 Å². The molecule has 0 aromatic heterocycles. The van der Waals surface area contributed by atoms with E-state index in [0.717, 1.165) is 31.4 Å². The van der Waals surface area contributed by atoms with Crippen LogP contribution in [0.5, 0.6) is 0 Å². The molecule has 5 nitrogen and oxygen atoms in total. The van der Waals surface area contributed by atoms with Crippen molar-refractivity contribution < 1.29 is 14.3 Å². The van der Waals surface area contributed by atoms with Crippen molar-refractivity contribution in [3.8, 4) is 0 Å². The molecule has 0 bridgehead atoms. The molecule has 0 aliphatic carbocycles. The summed E-state index contributed by atoms with van der Waals surface area (Å²) in [5.41, 5.74) is 1.92. The Morgan fingerprint density at radius 3 is 2.80 bits per heavy atom. The summed E-state index contributed by atoms with van der Waals surface area (Å²) in [5, 5.41) is 6.04. The quantitative estimate of drug-likeness (QED) is 0.827. The van der Waals surface area contributed by atoms with Gasteiger partial charge in [-0.1, -0.05) is 12.5 Å². The normalized spacial score (nSPS) is 18.4. The van der Waals surface area contributed by atoms with Gasteiger partial charge in [-0.2, -0.15) is 0 Å². The second-order valence-corrected chi connectivity index (χ2v) is 5.01. The maximum atomic E-state index is 12.1. The van der Waals surface area contributed by atoms with E-state index in [0.29, 0.717) is 11.3 Å². The topological polar surface area (TPSA) is 67.4 Å². The largest absolute Gasteiger partial charge is 0.465 e. The molecule has 0 spiro atoms. The van der Waals surface area contributed by atoms with Crippen molar-refractivity contribution in [1.29, 1.82) is 0 Å². The Kier molecular flexibility index (Phi) is 4.74. The maximum absolute atomic E-state index is 12.1. The predicted octanol–water partition coefficient (Wildman–Crippen LogP) is 1.86. The molecule has 1 aromatic carbocycles. The SMILES string of the molecule is COC(=O)c1cc(NC(=O)[C@H]2CCCCN2)ccc1C. The zero-order valence-electron chi connectivity index (χ0n) is 11.9. The average molecular weight is 276 g/mol. The number of piperidine rings is 1. The third-order valence-electron chi connectivity index (χ3n) is 3.54. The van der Waals surface area contributed by atoms with Gasteiger partial charge in [-0.25, -0.2) is 4.79 Å². The Labute approximate surface area is 118 Å². The van der Waals surface area contributed by atoms with Crippen molar-refractivity contribution in [2.45, 2.75) is 32.2 Å². The number of hydrogen-bond acceptors (Lipinski definition) is 4. The van der Waals surface area contributed by atoms with E-state index in [4.69, 9.17) is 4.74 Å². The molecule has 1 heterocycles. The van der Waals surface area contributed by atoms with Crippen LogP contribution in [0.3, 0.4) is 0 Å². The van der Waals surface area contributed by atoms with Crippen molar-refractivity contribution >= 4 is 17.6 Å².